The third-order valence-corrected chi connectivity index (χ3v) is 3.00. The number of hydrogen-bond acceptors (Lipinski definition) is 4. The van der Waals surface area contributed by atoms with Gasteiger partial charge in [-0.2, -0.15) is 0 Å². The summed E-state index contributed by atoms with van der Waals surface area (Å²) in [6, 6.07) is 3.43. The molecule has 0 spiro atoms. The number of aromatic nitrogens is 1. The number of likely N-dealkylation sites (N-methyl/N-ethyl adjacent to an activating group) is 1. The van der Waals surface area contributed by atoms with Gasteiger partial charge >= 0.3 is 0 Å². The Kier molecular flexibility index (Phi) is 3.99. The first kappa shape index (κ1) is 13.1. The van der Waals surface area contributed by atoms with Gasteiger partial charge in [-0.25, -0.2) is 4.98 Å². The largest absolute Gasteiger partial charge is 0.396 e. The molecule has 0 amide bonds. The summed E-state index contributed by atoms with van der Waals surface area (Å²) in [6.45, 7) is 5.03. The fourth-order valence-electron chi connectivity index (χ4n) is 1.05. The number of nitrogens with zero attached hydrogens (tertiary/aromatic N) is 2. The second-order valence-electron chi connectivity index (χ2n) is 4.63. The molecular weight excluding hydrogens is 224 g/mol. The van der Waals surface area contributed by atoms with E-state index >= 15 is 0 Å². The standard InChI is InChI=1S/C11H19ClN4/c1-11(2,16(3)4)7-14-10-8(13)5-6-9(12)15-10/h5-6H,7,13H2,1-4H3,(H,14,15). The van der Waals surface area contributed by atoms with Gasteiger partial charge in [0.15, 0.2) is 5.82 Å². The molecule has 90 valence electrons. The molecule has 0 atom stereocenters. The van der Waals surface area contributed by atoms with Gasteiger partial charge in [-0.3, -0.25) is 0 Å². The molecule has 1 aromatic rings. The van der Waals surface area contributed by atoms with E-state index in [0.29, 0.717) is 16.7 Å². The predicted octanol–water partition coefficient (Wildman–Crippen LogP) is 2.07. The molecule has 0 bridgehead atoms. The Morgan fingerprint density at radius 1 is 1.44 bits per heavy atom. The van der Waals surface area contributed by atoms with E-state index in [2.05, 4.69) is 29.0 Å². The minimum Gasteiger partial charge on any atom is -0.396 e. The fraction of sp³-hybridized carbons (Fsp3) is 0.545. The highest BCUT2D eigenvalue weighted by Crippen LogP contribution is 2.20. The first-order valence-electron chi connectivity index (χ1n) is 5.16. The molecule has 0 unspecified atom stereocenters. The van der Waals surface area contributed by atoms with Crippen molar-refractivity contribution in [1.82, 2.24) is 9.88 Å². The number of nitrogen functional groups attached to an aromatic ring is 1. The highest BCUT2D eigenvalue weighted by Gasteiger charge is 2.20. The average Bonchev–Trinajstić information content (AvgIpc) is 2.19. The van der Waals surface area contributed by atoms with Gasteiger partial charge in [-0.1, -0.05) is 11.6 Å². The third-order valence-electron chi connectivity index (χ3n) is 2.79. The minimum absolute atomic E-state index is 0.0242. The fourth-order valence-corrected chi connectivity index (χ4v) is 1.19. The lowest BCUT2D eigenvalue weighted by atomic mass is 10.0. The van der Waals surface area contributed by atoms with Crippen LogP contribution in [0, 0.1) is 0 Å². The highest BCUT2D eigenvalue weighted by atomic mass is 35.5. The zero-order valence-electron chi connectivity index (χ0n) is 10.2. The number of hydrogen-bond donors (Lipinski definition) is 2. The Balaban J connectivity index is 2.71. The molecular formula is C11H19ClN4. The van der Waals surface area contributed by atoms with Crippen LogP contribution < -0.4 is 11.1 Å². The number of halogens is 1. The van der Waals surface area contributed by atoms with Gasteiger partial charge in [0.05, 0.1) is 5.69 Å². The molecule has 0 fully saturated rings. The molecule has 5 heteroatoms. The molecule has 0 radical (unpaired) electrons. The van der Waals surface area contributed by atoms with E-state index in [-0.39, 0.29) is 5.54 Å². The summed E-state index contributed by atoms with van der Waals surface area (Å²) in [7, 11) is 4.08. The highest BCUT2D eigenvalue weighted by molar-refractivity contribution is 6.29. The molecule has 4 nitrogen and oxygen atoms in total. The van der Waals surface area contributed by atoms with Crippen molar-refractivity contribution >= 4 is 23.1 Å². The Morgan fingerprint density at radius 3 is 2.62 bits per heavy atom. The molecule has 1 heterocycles. The second kappa shape index (κ2) is 4.89. The molecule has 16 heavy (non-hydrogen) atoms. The molecule has 0 saturated carbocycles. The van der Waals surface area contributed by atoms with Crippen molar-refractivity contribution in [2.45, 2.75) is 19.4 Å². The van der Waals surface area contributed by atoms with Crippen molar-refractivity contribution in [3.8, 4) is 0 Å². The summed E-state index contributed by atoms with van der Waals surface area (Å²) in [6.07, 6.45) is 0. The SMILES string of the molecule is CN(C)C(C)(C)CNc1nc(Cl)ccc1N. The molecule has 1 aromatic heterocycles. The van der Waals surface area contributed by atoms with Gasteiger partial charge in [0.25, 0.3) is 0 Å². The topological polar surface area (TPSA) is 54.2 Å². The van der Waals surface area contributed by atoms with Crippen LogP contribution in [0.25, 0.3) is 0 Å². The Labute approximate surface area is 102 Å². The minimum atomic E-state index is 0.0242. The van der Waals surface area contributed by atoms with Crippen LogP contribution in [-0.4, -0.2) is 36.1 Å². The van der Waals surface area contributed by atoms with Crippen LogP contribution in [0.5, 0.6) is 0 Å². The number of rotatable bonds is 4. The Hall–Kier alpha value is -1.00. The normalized spacial score (nSPS) is 11.9. The third kappa shape index (κ3) is 3.25. The van der Waals surface area contributed by atoms with E-state index in [1.165, 1.54) is 0 Å². The summed E-state index contributed by atoms with van der Waals surface area (Å²) in [5.74, 6) is 0.641. The zero-order valence-corrected chi connectivity index (χ0v) is 11.0. The predicted molar refractivity (Wildman–Crippen MR) is 69.9 cm³/mol. The van der Waals surface area contributed by atoms with Crippen molar-refractivity contribution in [2.75, 3.05) is 31.7 Å². The summed E-state index contributed by atoms with van der Waals surface area (Å²) < 4.78 is 0. The van der Waals surface area contributed by atoms with E-state index in [4.69, 9.17) is 17.3 Å². The number of anilines is 2. The second-order valence-corrected chi connectivity index (χ2v) is 5.02. The molecule has 3 N–H and O–H groups in total. The lowest BCUT2D eigenvalue weighted by Gasteiger charge is -2.32. The number of nitrogens with two attached hydrogens (primary N) is 1. The van der Waals surface area contributed by atoms with Crippen LogP contribution in [0.1, 0.15) is 13.8 Å². The Bertz CT molecular complexity index is 363. The first-order chi connectivity index (χ1) is 7.33. The van der Waals surface area contributed by atoms with Crippen LogP contribution >= 0.6 is 11.6 Å². The van der Waals surface area contributed by atoms with Crippen molar-refractivity contribution in [3.63, 3.8) is 0 Å². The van der Waals surface area contributed by atoms with Crippen LogP contribution in [0.15, 0.2) is 12.1 Å². The van der Waals surface area contributed by atoms with Crippen LogP contribution in [0.4, 0.5) is 11.5 Å². The van der Waals surface area contributed by atoms with Gasteiger partial charge in [0.1, 0.15) is 5.15 Å². The molecule has 0 aromatic carbocycles. The first-order valence-corrected chi connectivity index (χ1v) is 5.54. The maximum Gasteiger partial charge on any atom is 0.151 e. The van der Waals surface area contributed by atoms with Gasteiger partial charge in [-0.15, -0.1) is 0 Å². The molecule has 1 rings (SSSR count). The maximum absolute atomic E-state index is 5.81. The molecule has 0 aliphatic rings. The van der Waals surface area contributed by atoms with Crippen molar-refractivity contribution in [1.29, 1.82) is 0 Å². The van der Waals surface area contributed by atoms with Crippen molar-refractivity contribution in [3.05, 3.63) is 17.3 Å². The smallest absolute Gasteiger partial charge is 0.151 e. The van der Waals surface area contributed by atoms with E-state index < -0.39 is 0 Å². The molecule has 0 aliphatic heterocycles. The van der Waals surface area contributed by atoms with Crippen LogP contribution in [-0.2, 0) is 0 Å². The maximum atomic E-state index is 5.81. The van der Waals surface area contributed by atoms with E-state index in [1.54, 1.807) is 12.1 Å². The summed E-state index contributed by atoms with van der Waals surface area (Å²) in [5, 5.41) is 3.66. The van der Waals surface area contributed by atoms with Crippen molar-refractivity contribution < 1.29 is 0 Å². The quantitative estimate of drug-likeness (QED) is 0.794. The van der Waals surface area contributed by atoms with Crippen LogP contribution in [0.2, 0.25) is 5.15 Å². The molecule has 0 saturated heterocycles. The van der Waals surface area contributed by atoms with Crippen molar-refractivity contribution in [2.24, 2.45) is 0 Å². The van der Waals surface area contributed by atoms with E-state index in [0.717, 1.165) is 6.54 Å². The van der Waals surface area contributed by atoms with Gasteiger partial charge in [0.2, 0.25) is 0 Å². The lowest BCUT2D eigenvalue weighted by Crippen LogP contribution is -2.44. The van der Waals surface area contributed by atoms with E-state index in [1.807, 2.05) is 14.1 Å². The summed E-state index contributed by atoms with van der Waals surface area (Å²) >= 11 is 5.81. The lowest BCUT2D eigenvalue weighted by molar-refractivity contribution is 0.210. The summed E-state index contributed by atoms with van der Waals surface area (Å²) in [5.41, 5.74) is 6.43. The van der Waals surface area contributed by atoms with Crippen LogP contribution in [0.3, 0.4) is 0 Å². The number of nitrogens with one attached hydrogen (secondary N) is 1. The van der Waals surface area contributed by atoms with E-state index in [9.17, 15) is 0 Å². The zero-order chi connectivity index (χ0) is 12.3. The molecule has 0 aliphatic carbocycles. The van der Waals surface area contributed by atoms with Gasteiger partial charge < -0.3 is 16.0 Å². The number of pyridine rings is 1. The average molecular weight is 243 g/mol. The van der Waals surface area contributed by atoms with Gasteiger partial charge in [-0.05, 0) is 40.1 Å². The Morgan fingerprint density at radius 2 is 2.06 bits per heavy atom. The van der Waals surface area contributed by atoms with Gasteiger partial charge in [0, 0.05) is 12.1 Å². The monoisotopic (exact) mass is 242 g/mol. The summed E-state index contributed by atoms with van der Waals surface area (Å²) in [4.78, 5) is 6.29.